The minimum absolute atomic E-state index is 0.466. The number of carboxylic acids is 1. The van der Waals surface area contributed by atoms with Gasteiger partial charge in [-0.05, 0) is 23.6 Å². The van der Waals surface area contributed by atoms with Crippen LogP contribution in [0.2, 0.25) is 0 Å². The number of aromatic nitrogens is 1. The molecule has 4 rings (SSSR count). The summed E-state index contributed by atoms with van der Waals surface area (Å²) in [5.41, 5.74) is 4.49. The maximum absolute atomic E-state index is 11.9. The third kappa shape index (κ3) is 3.73. The Morgan fingerprint density at radius 3 is 2.70 bits per heavy atom. The lowest BCUT2D eigenvalue weighted by molar-refractivity contribution is -0.142. The number of benzene rings is 2. The predicted molar refractivity (Wildman–Crippen MR) is 114 cm³/mol. The van der Waals surface area contributed by atoms with Crippen LogP contribution in [0.5, 0.6) is 0 Å². The van der Waals surface area contributed by atoms with Crippen LogP contribution in [0.3, 0.4) is 0 Å². The summed E-state index contributed by atoms with van der Waals surface area (Å²) in [6.45, 7) is 0.512. The van der Waals surface area contributed by atoms with Gasteiger partial charge in [-0.15, -0.1) is 0 Å². The smallest absolute Gasteiger partial charge is 0.326 e. The third-order valence-electron chi connectivity index (χ3n) is 4.98. The van der Waals surface area contributed by atoms with E-state index >= 15 is 0 Å². The summed E-state index contributed by atoms with van der Waals surface area (Å²) in [6.07, 6.45) is 1.38. The predicted octanol–water partition coefficient (Wildman–Crippen LogP) is 4.24. The summed E-state index contributed by atoms with van der Waals surface area (Å²) in [5.74, 6) is 0.0163. The maximum atomic E-state index is 11.9. The molecule has 2 N–H and O–H groups in total. The average molecular weight is 397 g/mol. The number of thiocarbonyl (C=S) groups is 1. The van der Waals surface area contributed by atoms with Crippen molar-refractivity contribution < 1.29 is 9.90 Å². The SMILES string of the molecule is O=C(O)C1Cc2c([nH]c3ccccc23)CN1C(=S)SCCc1ccccc1. The number of carbonyl (C=O) groups is 1. The number of hydrogen-bond acceptors (Lipinski definition) is 3. The second kappa shape index (κ2) is 7.74. The monoisotopic (exact) mass is 396 g/mol. The maximum Gasteiger partial charge on any atom is 0.326 e. The van der Waals surface area contributed by atoms with E-state index in [2.05, 4.69) is 17.1 Å². The minimum Gasteiger partial charge on any atom is -0.480 e. The number of hydrogen-bond donors (Lipinski definition) is 2. The van der Waals surface area contributed by atoms with Gasteiger partial charge in [0.25, 0.3) is 0 Å². The molecule has 3 aromatic rings. The van der Waals surface area contributed by atoms with Crippen LogP contribution in [0.1, 0.15) is 16.8 Å². The zero-order valence-electron chi connectivity index (χ0n) is 14.7. The van der Waals surface area contributed by atoms with Gasteiger partial charge in [0, 0.05) is 28.8 Å². The van der Waals surface area contributed by atoms with E-state index in [1.165, 1.54) is 5.56 Å². The standard InChI is InChI=1S/C21H20N2O2S2/c24-20(25)19-12-16-15-8-4-5-9-17(15)22-18(16)13-23(19)21(26)27-11-10-14-6-2-1-3-7-14/h1-9,19,22H,10-13H2,(H,24,25). The van der Waals surface area contributed by atoms with Crippen molar-refractivity contribution in [3.05, 3.63) is 71.4 Å². The number of aliphatic carboxylic acids is 1. The zero-order chi connectivity index (χ0) is 18.8. The van der Waals surface area contributed by atoms with Crippen LogP contribution in [-0.2, 0) is 24.2 Å². The Morgan fingerprint density at radius 2 is 1.93 bits per heavy atom. The van der Waals surface area contributed by atoms with Crippen molar-refractivity contribution in [2.45, 2.75) is 25.4 Å². The van der Waals surface area contributed by atoms with Crippen molar-refractivity contribution in [2.75, 3.05) is 5.75 Å². The topological polar surface area (TPSA) is 56.3 Å². The Morgan fingerprint density at radius 1 is 1.19 bits per heavy atom. The number of thioether (sulfide) groups is 1. The molecule has 0 saturated heterocycles. The lowest BCUT2D eigenvalue weighted by Gasteiger charge is -2.34. The van der Waals surface area contributed by atoms with Crippen molar-refractivity contribution in [1.82, 2.24) is 9.88 Å². The van der Waals surface area contributed by atoms with E-state index < -0.39 is 12.0 Å². The van der Waals surface area contributed by atoms with Gasteiger partial charge in [0.15, 0.2) is 0 Å². The van der Waals surface area contributed by atoms with E-state index in [-0.39, 0.29) is 0 Å². The highest BCUT2D eigenvalue weighted by Crippen LogP contribution is 2.32. The molecule has 0 saturated carbocycles. The van der Waals surface area contributed by atoms with Gasteiger partial charge in [0.1, 0.15) is 10.4 Å². The zero-order valence-corrected chi connectivity index (χ0v) is 16.4. The number of fused-ring (bicyclic) bond motifs is 3. The molecule has 0 spiro atoms. The molecule has 0 fully saturated rings. The van der Waals surface area contributed by atoms with Gasteiger partial charge in [-0.2, -0.15) is 0 Å². The normalized spacial score (nSPS) is 16.3. The van der Waals surface area contributed by atoms with Crippen molar-refractivity contribution in [2.24, 2.45) is 0 Å². The molecule has 0 aliphatic carbocycles. The molecular weight excluding hydrogens is 376 g/mol. The van der Waals surface area contributed by atoms with E-state index in [1.807, 2.05) is 47.4 Å². The van der Waals surface area contributed by atoms with Gasteiger partial charge in [-0.1, -0.05) is 72.5 Å². The summed E-state index contributed by atoms with van der Waals surface area (Å²) < 4.78 is 0.655. The molecule has 2 heterocycles. The molecule has 0 radical (unpaired) electrons. The molecule has 1 atom stereocenters. The summed E-state index contributed by atoms with van der Waals surface area (Å²) in [5, 5.41) is 10.9. The fraction of sp³-hybridized carbons (Fsp3) is 0.238. The number of rotatable bonds is 4. The van der Waals surface area contributed by atoms with Gasteiger partial charge in [0.05, 0.1) is 6.54 Å². The minimum atomic E-state index is -0.822. The van der Waals surface area contributed by atoms with Crippen LogP contribution in [0, 0.1) is 0 Å². The fourth-order valence-electron chi connectivity index (χ4n) is 3.60. The van der Waals surface area contributed by atoms with E-state index in [9.17, 15) is 9.90 Å². The van der Waals surface area contributed by atoms with Gasteiger partial charge in [0.2, 0.25) is 0 Å². The molecule has 4 nitrogen and oxygen atoms in total. The Kier molecular flexibility index (Phi) is 5.18. The molecule has 1 aliphatic rings. The number of H-pyrrole nitrogens is 1. The highest BCUT2D eigenvalue weighted by atomic mass is 32.2. The number of para-hydroxylation sites is 1. The van der Waals surface area contributed by atoms with Crippen LogP contribution in [0.15, 0.2) is 54.6 Å². The summed E-state index contributed by atoms with van der Waals surface area (Å²) in [6, 6.07) is 17.7. The molecule has 138 valence electrons. The number of nitrogens with one attached hydrogen (secondary N) is 1. The lowest BCUT2D eigenvalue weighted by Crippen LogP contribution is -2.47. The lowest BCUT2D eigenvalue weighted by atomic mass is 9.97. The van der Waals surface area contributed by atoms with Gasteiger partial charge >= 0.3 is 5.97 Å². The highest BCUT2D eigenvalue weighted by Gasteiger charge is 2.34. The molecule has 1 aromatic heterocycles. The van der Waals surface area contributed by atoms with Gasteiger partial charge in [-0.3, -0.25) is 0 Å². The van der Waals surface area contributed by atoms with Crippen molar-refractivity contribution in [3.8, 4) is 0 Å². The van der Waals surface area contributed by atoms with Crippen molar-refractivity contribution >= 4 is 45.2 Å². The number of nitrogens with zero attached hydrogens (tertiary/aromatic N) is 1. The molecule has 0 amide bonds. The Bertz CT molecular complexity index is 984. The molecule has 0 bridgehead atoms. The molecule has 27 heavy (non-hydrogen) atoms. The first-order chi connectivity index (χ1) is 13.1. The average Bonchev–Trinajstić information content (AvgIpc) is 3.05. The highest BCUT2D eigenvalue weighted by molar-refractivity contribution is 8.22. The van der Waals surface area contributed by atoms with E-state index in [0.29, 0.717) is 17.3 Å². The van der Waals surface area contributed by atoms with Crippen LogP contribution >= 0.6 is 24.0 Å². The van der Waals surface area contributed by atoms with Crippen LogP contribution in [0.25, 0.3) is 10.9 Å². The quantitative estimate of drug-likeness (QED) is 0.646. The fourth-order valence-corrected chi connectivity index (χ4v) is 4.92. The molecule has 2 aromatic carbocycles. The van der Waals surface area contributed by atoms with Crippen molar-refractivity contribution in [1.29, 1.82) is 0 Å². The summed E-state index contributed by atoms with van der Waals surface area (Å²) in [4.78, 5) is 17.2. The first kappa shape index (κ1) is 18.1. The second-order valence-electron chi connectivity index (χ2n) is 6.66. The number of carboxylic acid groups (broad SMARTS) is 1. The second-order valence-corrected chi connectivity index (χ2v) is 8.39. The first-order valence-electron chi connectivity index (χ1n) is 8.92. The number of aromatic amines is 1. The summed E-state index contributed by atoms with van der Waals surface area (Å²) >= 11 is 7.17. The third-order valence-corrected chi connectivity index (χ3v) is 6.46. The van der Waals surface area contributed by atoms with Crippen LogP contribution < -0.4 is 0 Å². The number of aryl methyl sites for hydroxylation is 1. The van der Waals surface area contributed by atoms with Crippen LogP contribution in [0.4, 0.5) is 0 Å². The van der Waals surface area contributed by atoms with Gasteiger partial charge < -0.3 is 15.0 Å². The Hall–Kier alpha value is -2.31. The van der Waals surface area contributed by atoms with Crippen LogP contribution in [-0.4, -0.2) is 37.1 Å². The Balaban J connectivity index is 1.50. The first-order valence-corrected chi connectivity index (χ1v) is 10.3. The molecule has 1 aliphatic heterocycles. The molecule has 6 heteroatoms. The summed E-state index contributed by atoms with van der Waals surface area (Å²) in [7, 11) is 0. The van der Waals surface area contributed by atoms with E-state index in [0.717, 1.165) is 34.3 Å². The van der Waals surface area contributed by atoms with Gasteiger partial charge in [-0.25, -0.2) is 4.79 Å². The van der Waals surface area contributed by atoms with Crippen molar-refractivity contribution in [3.63, 3.8) is 0 Å². The largest absolute Gasteiger partial charge is 0.480 e. The molecule has 1 unspecified atom stereocenters. The van der Waals surface area contributed by atoms with E-state index in [1.54, 1.807) is 11.8 Å². The Labute approximate surface area is 167 Å². The molecular formula is C21H20N2O2S2. The van der Waals surface area contributed by atoms with E-state index in [4.69, 9.17) is 12.2 Å².